The number of benzene rings is 1. The monoisotopic (exact) mass is 403 g/mol. The standard InChI is InChI=1S/C20H27N5O2S/c1-3-16-21-20-25(22-16)19(27)18(28-20)17(15-6-4-5-14(2)13-15)24-9-7-23(8-10-24)11-12-26/h4-6,13,17,26-27H,3,7-12H2,1-2H3/p+2/t17-/m0/s1. The zero-order valence-electron chi connectivity index (χ0n) is 16.5. The lowest BCUT2D eigenvalue weighted by molar-refractivity contribution is -1.02. The van der Waals surface area contributed by atoms with E-state index < -0.39 is 0 Å². The third kappa shape index (κ3) is 3.65. The number of aliphatic hydroxyl groups excluding tert-OH is 1. The highest BCUT2D eigenvalue weighted by Crippen LogP contribution is 2.35. The lowest BCUT2D eigenvalue weighted by Crippen LogP contribution is -3.28. The van der Waals surface area contributed by atoms with Crippen molar-refractivity contribution in [1.29, 1.82) is 0 Å². The number of aliphatic hydroxyl groups is 1. The fraction of sp³-hybridized carbons (Fsp3) is 0.500. The Hall–Kier alpha value is -2.00. The first-order valence-corrected chi connectivity index (χ1v) is 10.8. The molecular formula is C20H29N5O2S+2. The van der Waals surface area contributed by atoms with Crippen molar-refractivity contribution in [3.05, 3.63) is 46.1 Å². The Balaban J connectivity index is 1.71. The average molecular weight is 404 g/mol. The van der Waals surface area contributed by atoms with E-state index in [4.69, 9.17) is 0 Å². The van der Waals surface area contributed by atoms with Crippen molar-refractivity contribution < 1.29 is 20.0 Å². The van der Waals surface area contributed by atoms with Gasteiger partial charge in [0.05, 0.1) is 6.61 Å². The predicted molar refractivity (Wildman–Crippen MR) is 108 cm³/mol. The van der Waals surface area contributed by atoms with Crippen LogP contribution in [-0.4, -0.2) is 64.1 Å². The summed E-state index contributed by atoms with van der Waals surface area (Å²) in [7, 11) is 0. The second-order valence-electron chi connectivity index (χ2n) is 7.59. The fourth-order valence-electron chi connectivity index (χ4n) is 4.17. The minimum Gasteiger partial charge on any atom is -0.492 e. The molecule has 1 aliphatic rings. The van der Waals surface area contributed by atoms with Crippen molar-refractivity contribution in [2.75, 3.05) is 39.3 Å². The van der Waals surface area contributed by atoms with E-state index in [-0.39, 0.29) is 18.5 Å². The van der Waals surface area contributed by atoms with Crippen molar-refractivity contribution in [3.63, 3.8) is 0 Å². The maximum absolute atomic E-state index is 11.0. The van der Waals surface area contributed by atoms with Crippen LogP contribution in [0.1, 0.15) is 34.8 Å². The summed E-state index contributed by atoms with van der Waals surface area (Å²) in [6.45, 7) is 9.23. The van der Waals surface area contributed by atoms with E-state index in [0.29, 0.717) is 0 Å². The first kappa shape index (κ1) is 19.3. The van der Waals surface area contributed by atoms with Gasteiger partial charge in [0.1, 0.15) is 37.6 Å². The Morgan fingerprint density at radius 1 is 1.25 bits per heavy atom. The molecular weight excluding hydrogens is 374 g/mol. The SMILES string of the molecule is CCc1nc2sc([C@H](c3cccc(C)c3)[NH+]3CC[NH+](CCO)CC3)c(O)n2n1. The van der Waals surface area contributed by atoms with Gasteiger partial charge in [-0.1, -0.05) is 42.0 Å². The van der Waals surface area contributed by atoms with Gasteiger partial charge < -0.3 is 20.0 Å². The van der Waals surface area contributed by atoms with Crippen LogP contribution in [0.15, 0.2) is 24.3 Å². The number of aryl methyl sites for hydroxylation is 2. The summed E-state index contributed by atoms with van der Waals surface area (Å²) in [6, 6.07) is 8.64. The summed E-state index contributed by atoms with van der Waals surface area (Å²) in [5, 5.41) is 24.7. The summed E-state index contributed by atoms with van der Waals surface area (Å²) in [5.74, 6) is 0.977. The average Bonchev–Trinajstić information content (AvgIpc) is 3.23. The van der Waals surface area contributed by atoms with E-state index in [2.05, 4.69) is 41.3 Å². The highest BCUT2D eigenvalue weighted by Gasteiger charge is 2.36. The van der Waals surface area contributed by atoms with Gasteiger partial charge in [0.25, 0.3) is 0 Å². The fourth-order valence-corrected chi connectivity index (χ4v) is 5.33. The molecule has 1 aliphatic heterocycles. The van der Waals surface area contributed by atoms with E-state index in [1.165, 1.54) is 20.9 Å². The minimum absolute atomic E-state index is 0.0640. The molecule has 8 heteroatoms. The Kier molecular flexibility index (Phi) is 5.63. The molecule has 0 amide bonds. The van der Waals surface area contributed by atoms with Crippen LogP contribution in [0.3, 0.4) is 0 Å². The lowest BCUT2D eigenvalue weighted by Gasteiger charge is -2.34. The lowest BCUT2D eigenvalue weighted by atomic mass is 10.0. The van der Waals surface area contributed by atoms with Crippen LogP contribution in [0.5, 0.6) is 5.88 Å². The number of rotatable bonds is 6. The summed E-state index contributed by atoms with van der Waals surface area (Å²) in [5.41, 5.74) is 2.44. The number of fused-ring (bicyclic) bond motifs is 1. The number of nitrogens with one attached hydrogen (secondary N) is 2. The molecule has 28 heavy (non-hydrogen) atoms. The quantitative estimate of drug-likeness (QED) is 0.436. The third-order valence-corrected chi connectivity index (χ3v) is 6.76. The molecule has 7 nitrogen and oxygen atoms in total. The van der Waals surface area contributed by atoms with E-state index in [1.807, 2.05) is 6.92 Å². The van der Waals surface area contributed by atoms with Gasteiger partial charge in [0.2, 0.25) is 10.8 Å². The van der Waals surface area contributed by atoms with Crippen LogP contribution in [0.4, 0.5) is 0 Å². The summed E-state index contributed by atoms with van der Waals surface area (Å²) < 4.78 is 1.59. The molecule has 0 saturated carbocycles. The van der Waals surface area contributed by atoms with Crippen molar-refractivity contribution >= 4 is 16.3 Å². The van der Waals surface area contributed by atoms with Gasteiger partial charge in [-0.05, 0) is 13.0 Å². The van der Waals surface area contributed by atoms with Gasteiger partial charge >= 0.3 is 0 Å². The number of hydrogen-bond donors (Lipinski definition) is 4. The second kappa shape index (κ2) is 8.16. The summed E-state index contributed by atoms with van der Waals surface area (Å²) >= 11 is 1.55. The van der Waals surface area contributed by atoms with Gasteiger partial charge in [-0.25, -0.2) is 4.98 Å². The molecule has 1 fully saturated rings. The first-order valence-electron chi connectivity index (χ1n) is 10.0. The maximum Gasteiger partial charge on any atom is 0.235 e. The van der Waals surface area contributed by atoms with Crippen LogP contribution in [-0.2, 0) is 6.42 Å². The zero-order valence-corrected chi connectivity index (χ0v) is 17.3. The van der Waals surface area contributed by atoms with Gasteiger partial charge in [0.15, 0.2) is 11.9 Å². The Morgan fingerprint density at radius 3 is 2.68 bits per heavy atom. The minimum atomic E-state index is 0.0640. The van der Waals surface area contributed by atoms with E-state index in [1.54, 1.807) is 15.9 Å². The molecule has 0 radical (unpaired) electrons. The van der Waals surface area contributed by atoms with Crippen LogP contribution < -0.4 is 9.80 Å². The van der Waals surface area contributed by atoms with Gasteiger partial charge in [-0.15, -0.1) is 5.10 Å². The van der Waals surface area contributed by atoms with E-state index in [9.17, 15) is 10.2 Å². The molecule has 1 atom stereocenters. The summed E-state index contributed by atoms with van der Waals surface area (Å²) in [6.07, 6.45) is 0.755. The molecule has 3 heterocycles. The van der Waals surface area contributed by atoms with Crippen molar-refractivity contribution in [3.8, 4) is 5.88 Å². The second-order valence-corrected chi connectivity index (χ2v) is 8.60. The van der Waals surface area contributed by atoms with E-state index >= 15 is 0 Å². The maximum atomic E-state index is 11.0. The molecule has 0 spiro atoms. The highest BCUT2D eigenvalue weighted by molar-refractivity contribution is 7.17. The number of aromatic hydroxyl groups is 1. The number of quaternary nitrogens is 2. The molecule has 1 aromatic carbocycles. The number of thiazole rings is 1. The molecule has 1 saturated heterocycles. The third-order valence-electron chi connectivity index (χ3n) is 5.67. The molecule has 4 N–H and O–H groups in total. The largest absolute Gasteiger partial charge is 0.492 e. The smallest absolute Gasteiger partial charge is 0.235 e. The number of nitrogens with zero attached hydrogens (tertiary/aromatic N) is 3. The van der Waals surface area contributed by atoms with Crippen molar-refractivity contribution in [1.82, 2.24) is 14.6 Å². The molecule has 3 aromatic rings. The van der Waals surface area contributed by atoms with Crippen LogP contribution in [0.2, 0.25) is 0 Å². The molecule has 0 unspecified atom stereocenters. The Bertz CT molecular complexity index is 945. The molecule has 2 aromatic heterocycles. The van der Waals surface area contributed by atoms with Crippen LogP contribution >= 0.6 is 11.3 Å². The zero-order chi connectivity index (χ0) is 19.7. The van der Waals surface area contributed by atoms with Crippen molar-refractivity contribution in [2.45, 2.75) is 26.3 Å². The predicted octanol–water partition coefficient (Wildman–Crippen LogP) is -0.768. The van der Waals surface area contributed by atoms with Gasteiger partial charge in [-0.3, -0.25) is 0 Å². The Morgan fingerprint density at radius 2 is 2.04 bits per heavy atom. The molecule has 0 bridgehead atoms. The summed E-state index contributed by atoms with van der Waals surface area (Å²) in [4.78, 5) is 9.15. The highest BCUT2D eigenvalue weighted by atomic mass is 32.1. The van der Waals surface area contributed by atoms with Crippen LogP contribution in [0, 0.1) is 6.92 Å². The molecule has 4 rings (SSSR count). The normalized spacial score (nSPS) is 21.2. The number of aromatic nitrogens is 3. The van der Waals surface area contributed by atoms with Crippen LogP contribution in [0.25, 0.3) is 4.96 Å². The molecule has 150 valence electrons. The van der Waals surface area contributed by atoms with E-state index in [0.717, 1.165) is 54.8 Å². The Labute approximate surface area is 168 Å². The number of piperazine rings is 1. The first-order chi connectivity index (χ1) is 13.6. The van der Waals surface area contributed by atoms with Crippen molar-refractivity contribution in [2.24, 2.45) is 0 Å². The van der Waals surface area contributed by atoms with Gasteiger partial charge in [0, 0.05) is 12.0 Å². The topological polar surface area (TPSA) is 79.5 Å². The molecule has 0 aliphatic carbocycles. The van der Waals surface area contributed by atoms with Gasteiger partial charge in [-0.2, -0.15) is 4.52 Å². The number of hydrogen-bond acceptors (Lipinski definition) is 5.